The third kappa shape index (κ3) is 3.33. The summed E-state index contributed by atoms with van der Waals surface area (Å²) < 4.78 is 1.88. The molecule has 4 rings (SSSR count). The van der Waals surface area contributed by atoms with Crippen molar-refractivity contribution >= 4 is 33.1 Å². The molecule has 1 amide bonds. The maximum absolute atomic E-state index is 12.7. The summed E-state index contributed by atoms with van der Waals surface area (Å²) in [7, 11) is 0. The Kier molecular flexibility index (Phi) is 4.45. The van der Waals surface area contributed by atoms with Crippen molar-refractivity contribution in [3.05, 3.63) is 76.8 Å². The Balaban J connectivity index is 1.62. The molecule has 2 aromatic carbocycles. The molecule has 6 heteroatoms. The summed E-state index contributed by atoms with van der Waals surface area (Å²) >= 11 is 1.42. The Labute approximate surface area is 160 Å². The first-order valence-corrected chi connectivity index (χ1v) is 9.29. The van der Waals surface area contributed by atoms with Crippen LogP contribution in [0.15, 0.2) is 60.7 Å². The van der Waals surface area contributed by atoms with E-state index in [1.54, 1.807) is 0 Å². The average Bonchev–Trinajstić information content (AvgIpc) is 3.25. The third-order valence-corrected chi connectivity index (χ3v) is 5.37. The van der Waals surface area contributed by atoms with Gasteiger partial charge in [-0.15, -0.1) is 11.3 Å². The summed E-state index contributed by atoms with van der Waals surface area (Å²) in [6, 6.07) is 21.2. The standard InChI is InChI=1S/C21H16N4OS/c1-14-18-13-19(20(26)23-16-9-7-15(8-10-16)11-12-22)27-21(18)25(24-14)17-5-3-2-4-6-17/h2-10,13H,11H2,1H3,(H,23,26). The van der Waals surface area contributed by atoms with E-state index in [0.717, 1.165) is 27.2 Å². The van der Waals surface area contributed by atoms with Crippen molar-refractivity contribution in [3.63, 3.8) is 0 Å². The monoisotopic (exact) mass is 372 g/mol. The van der Waals surface area contributed by atoms with Gasteiger partial charge in [0.2, 0.25) is 0 Å². The van der Waals surface area contributed by atoms with Crippen molar-refractivity contribution in [1.29, 1.82) is 5.26 Å². The van der Waals surface area contributed by atoms with Crippen LogP contribution in [-0.4, -0.2) is 15.7 Å². The second-order valence-electron chi connectivity index (χ2n) is 6.15. The minimum absolute atomic E-state index is 0.150. The van der Waals surface area contributed by atoms with Crippen LogP contribution in [0.25, 0.3) is 15.9 Å². The predicted molar refractivity (Wildman–Crippen MR) is 107 cm³/mol. The molecular weight excluding hydrogens is 356 g/mol. The molecule has 27 heavy (non-hydrogen) atoms. The molecule has 0 spiro atoms. The molecule has 0 aliphatic rings. The minimum atomic E-state index is -0.150. The highest BCUT2D eigenvalue weighted by molar-refractivity contribution is 7.20. The molecule has 0 unspecified atom stereocenters. The van der Waals surface area contributed by atoms with Crippen LogP contribution in [0.1, 0.15) is 20.9 Å². The summed E-state index contributed by atoms with van der Waals surface area (Å²) in [4.78, 5) is 14.3. The molecule has 0 fully saturated rings. The Morgan fingerprint density at radius 1 is 1.19 bits per heavy atom. The number of aromatic nitrogens is 2. The zero-order valence-electron chi connectivity index (χ0n) is 14.6. The van der Waals surface area contributed by atoms with E-state index in [4.69, 9.17) is 5.26 Å². The van der Waals surface area contributed by atoms with Gasteiger partial charge >= 0.3 is 0 Å². The Morgan fingerprint density at radius 3 is 2.63 bits per heavy atom. The number of rotatable bonds is 4. The van der Waals surface area contributed by atoms with Crippen LogP contribution in [0.3, 0.4) is 0 Å². The number of nitriles is 1. The van der Waals surface area contributed by atoms with Gasteiger partial charge in [-0.1, -0.05) is 30.3 Å². The third-order valence-electron chi connectivity index (χ3n) is 4.26. The average molecular weight is 372 g/mol. The molecule has 132 valence electrons. The van der Waals surface area contributed by atoms with Crippen molar-refractivity contribution < 1.29 is 4.79 Å². The van der Waals surface area contributed by atoms with E-state index in [0.29, 0.717) is 17.0 Å². The number of amides is 1. The van der Waals surface area contributed by atoms with Gasteiger partial charge in [-0.25, -0.2) is 4.68 Å². The van der Waals surface area contributed by atoms with E-state index < -0.39 is 0 Å². The molecular formula is C21H16N4OS. The fourth-order valence-electron chi connectivity index (χ4n) is 2.89. The SMILES string of the molecule is Cc1nn(-c2ccccc2)c2sc(C(=O)Nc3ccc(CC#N)cc3)cc12. The number of para-hydroxylation sites is 1. The molecule has 0 aliphatic heterocycles. The molecule has 5 nitrogen and oxygen atoms in total. The topological polar surface area (TPSA) is 70.7 Å². The molecule has 0 radical (unpaired) electrons. The van der Waals surface area contributed by atoms with Crippen molar-refractivity contribution in [2.24, 2.45) is 0 Å². The van der Waals surface area contributed by atoms with Gasteiger partial charge in [0.05, 0.1) is 28.7 Å². The van der Waals surface area contributed by atoms with E-state index in [1.165, 1.54) is 11.3 Å². The number of aryl methyl sites for hydroxylation is 1. The number of hydrogen-bond donors (Lipinski definition) is 1. The van der Waals surface area contributed by atoms with Crippen molar-refractivity contribution in [3.8, 4) is 11.8 Å². The number of benzene rings is 2. The van der Waals surface area contributed by atoms with E-state index in [2.05, 4.69) is 16.5 Å². The van der Waals surface area contributed by atoms with Crippen molar-refractivity contribution in [1.82, 2.24) is 9.78 Å². The van der Waals surface area contributed by atoms with Crippen LogP contribution in [0.4, 0.5) is 5.69 Å². The number of anilines is 1. The number of fused-ring (bicyclic) bond motifs is 1. The molecule has 0 saturated heterocycles. The van der Waals surface area contributed by atoms with Crippen LogP contribution < -0.4 is 5.32 Å². The normalized spacial score (nSPS) is 10.7. The van der Waals surface area contributed by atoms with Crippen molar-refractivity contribution in [2.75, 3.05) is 5.32 Å². The number of carbonyl (C=O) groups excluding carboxylic acids is 1. The highest BCUT2D eigenvalue weighted by atomic mass is 32.1. The van der Waals surface area contributed by atoms with Crippen molar-refractivity contribution in [2.45, 2.75) is 13.3 Å². The number of carbonyl (C=O) groups is 1. The second-order valence-corrected chi connectivity index (χ2v) is 7.18. The number of nitrogens with one attached hydrogen (secondary N) is 1. The number of thiophene rings is 1. The quantitative estimate of drug-likeness (QED) is 0.564. The molecule has 0 atom stereocenters. The van der Waals surface area contributed by atoms with E-state index in [9.17, 15) is 4.79 Å². The highest BCUT2D eigenvalue weighted by Crippen LogP contribution is 2.30. The van der Waals surface area contributed by atoms with Gasteiger partial charge in [-0.05, 0) is 42.8 Å². The van der Waals surface area contributed by atoms with Crippen LogP contribution in [0.5, 0.6) is 0 Å². The molecule has 0 bridgehead atoms. The van der Waals surface area contributed by atoms with Gasteiger partial charge in [0.1, 0.15) is 4.83 Å². The summed E-state index contributed by atoms with van der Waals surface area (Å²) in [6.07, 6.45) is 0.361. The molecule has 4 aromatic rings. The minimum Gasteiger partial charge on any atom is -0.321 e. The van der Waals surface area contributed by atoms with Gasteiger partial charge in [0.15, 0.2) is 0 Å². The summed E-state index contributed by atoms with van der Waals surface area (Å²) in [6.45, 7) is 1.95. The van der Waals surface area contributed by atoms with Gasteiger partial charge in [-0.3, -0.25) is 4.79 Å². The lowest BCUT2D eigenvalue weighted by molar-refractivity contribution is 0.103. The first-order valence-electron chi connectivity index (χ1n) is 8.47. The lowest BCUT2D eigenvalue weighted by Crippen LogP contribution is -2.10. The smallest absolute Gasteiger partial charge is 0.265 e. The summed E-state index contributed by atoms with van der Waals surface area (Å²) in [5, 5.41) is 17.2. The maximum Gasteiger partial charge on any atom is 0.265 e. The van der Waals surface area contributed by atoms with E-state index >= 15 is 0 Å². The predicted octanol–water partition coefficient (Wildman–Crippen LogP) is 4.71. The van der Waals surface area contributed by atoms with E-state index in [-0.39, 0.29) is 5.91 Å². The van der Waals surface area contributed by atoms with Crippen LogP contribution in [-0.2, 0) is 6.42 Å². The lowest BCUT2D eigenvalue weighted by Gasteiger charge is -2.04. The molecule has 2 heterocycles. The van der Waals surface area contributed by atoms with Gasteiger partial charge < -0.3 is 5.32 Å². The fraction of sp³-hybridized carbons (Fsp3) is 0.0952. The van der Waals surface area contributed by atoms with Crippen LogP contribution >= 0.6 is 11.3 Å². The maximum atomic E-state index is 12.7. The van der Waals surface area contributed by atoms with Crippen LogP contribution in [0, 0.1) is 18.3 Å². The van der Waals surface area contributed by atoms with Crippen LogP contribution in [0.2, 0.25) is 0 Å². The van der Waals surface area contributed by atoms with Gasteiger partial charge in [0.25, 0.3) is 5.91 Å². The number of hydrogen-bond acceptors (Lipinski definition) is 4. The summed E-state index contributed by atoms with van der Waals surface area (Å²) in [5.74, 6) is -0.150. The molecule has 2 aromatic heterocycles. The fourth-order valence-corrected chi connectivity index (χ4v) is 3.97. The second kappa shape index (κ2) is 7.06. The van der Waals surface area contributed by atoms with E-state index in [1.807, 2.05) is 72.3 Å². The number of nitrogens with zero attached hydrogens (tertiary/aromatic N) is 3. The molecule has 1 N–H and O–H groups in total. The van der Waals surface area contributed by atoms with Gasteiger partial charge in [-0.2, -0.15) is 10.4 Å². The lowest BCUT2D eigenvalue weighted by atomic mass is 10.1. The highest BCUT2D eigenvalue weighted by Gasteiger charge is 2.17. The zero-order valence-corrected chi connectivity index (χ0v) is 15.5. The van der Waals surface area contributed by atoms with Gasteiger partial charge in [0, 0.05) is 11.1 Å². The summed E-state index contributed by atoms with van der Waals surface area (Å²) in [5.41, 5.74) is 3.50. The first kappa shape index (κ1) is 17.0. The Bertz CT molecular complexity index is 1150. The molecule has 0 saturated carbocycles. The Hall–Kier alpha value is -3.43. The zero-order chi connectivity index (χ0) is 18.8. The largest absolute Gasteiger partial charge is 0.321 e. The Morgan fingerprint density at radius 2 is 1.93 bits per heavy atom. The first-order chi connectivity index (χ1) is 13.2. The molecule has 0 aliphatic carbocycles.